The van der Waals surface area contributed by atoms with Crippen LogP contribution in [0, 0.1) is 11.8 Å². The number of aliphatic hydroxyl groups is 1. The van der Waals surface area contributed by atoms with Crippen LogP contribution in [0.1, 0.15) is 311 Å². The Balaban J connectivity index is 5.15. The van der Waals surface area contributed by atoms with E-state index in [0.29, 0.717) is 31.6 Å². The number of carbonyl (C=O) groups is 4. The number of hydrogen-bond acceptors (Lipinski definition) is 15. The number of rotatable bonds is 62. The van der Waals surface area contributed by atoms with Crippen LogP contribution in [-0.4, -0.2) is 96.7 Å². The van der Waals surface area contributed by atoms with Crippen molar-refractivity contribution in [2.24, 2.45) is 11.8 Å². The Labute approximate surface area is 498 Å². The standard InChI is InChI=1S/C63H122O17P2/c1-7-10-12-14-15-16-17-18-19-20-21-22-23-24-27-35-41-47-62(67)79-59(52-74-61(66)46-40-34-28-25-26-32-37-43-55(4)5)54-78-82(71,72)76-50-57(64)49-75-81(69,70)77-53-58(51-73-60(65)45-39-31-13-11-8-2)80-63(68)48-42-36-30-29-33-38-44-56(6)9-3/h55-59,64H,7-54H2,1-6H3,(H,69,70)(H,71,72)/t56?,57-,58+,59+/m0/s1. The molecule has 0 amide bonds. The SMILES string of the molecule is CCCCCCCCCCCCCCCCCCCC(=O)O[C@H](COC(=O)CCCCCCCCCC(C)C)COP(=O)(O)OC[C@@H](O)COP(=O)(O)OC[C@@H](COC(=O)CCCCCCC)OC(=O)CCCCCCCCC(C)CC. The van der Waals surface area contributed by atoms with Gasteiger partial charge in [0.2, 0.25) is 0 Å². The molecule has 19 heteroatoms. The van der Waals surface area contributed by atoms with Crippen molar-refractivity contribution in [1.29, 1.82) is 0 Å². The molecule has 0 spiro atoms. The monoisotopic (exact) mass is 1210 g/mol. The summed E-state index contributed by atoms with van der Waals surface area (Å²) < 4.78 is 67.7. The first-order valence-electron chi connectivity index (χ1n) is 33.0. The number of phosphoric acid groups is 2. The van der Waals surface area contributed by atoms with Gasteiger partial charge in [0.1, 0.15) is 19.3 Å². The van der Waals surface area contributed by atoms with Gasteiger partial charge in [0, 0.05) is 25.7 Å². The van der Waals surface area contributed by atoms with Gasteiger partial charge >= 0.3 is 39.5 Å². The lowest BCUT2D eigenvalue weighted by Gasteiger charge is -2.21. The Hall–Kier alpha value is -1.94. The van der Waals surface area contributed by atoms with Gasteiger partial charge in [0.15, 0.2) is 12.2 Å². The number of carbonyl (C=O) groups excluding carboxylic acids is 4. The Morgan fingerprint density at radius 1 is 0.354 bits per heavy atom. The van der Waals surface area contributed by atoms with E-state index in [1.54, 1.807) is 0 Å². The largest absolute Gasteiger partial charge is 0.472 e. The summed E-state index contributed by atoms with van der Waals surface area (Å²) in [5, 5.41) is 10.5. The minimum atomic E-state index is -4.94. The second kappa shape index (κ2) is 55.6. The molecule has 486 valence electrons. The predicted molar refractivity (Wildman–Crippen MR) is 326 cm³/mol. The normalized spacial score (nSPS) is 14.7. The number of ether oxygens (including phenoxy) is 4. The third-order valence-electron chi connectivity index (χ3n) is 14.8. The van der Waals surface area contributed by atoms with Crippen molar-refractivity contribution in [1.82, 2.24) is 0 Å². The summed E-state index contributed by atoms with van der Waals surface area (Å²) in [6.07, 6.45) is 38.1. The van der Waals surface area contributed by atoms with Gasteiger partial charge in [-0.15, -0.1) is 0 Å². The van der Waals surface area contributed by atoms with E-state index < -0.39 is 97.5 Å². The van der Waals surface area contributed by atoms with Crippen LogP contribution in [0.3, 0.4) is 0 Å². The van der Waals surface area contributed by atoms with Crippen LogP contribution in [0.4, 0.5) is 0 Å². The summed E-state index contributed by atoms with van der Waals surface area (Å²) in [6.45, 7) is 9.29. The average Bonchev–Trinajstić information content (AvgIpc) is 3.45. The van der Waals surface area contributed by atoms with Gasteiger partial charge in [-0.25, -0.2) is 9.13 Å². The van der Waals surface area contributed by atoms with Crippen LogP contribution in [0.5, 0.6) is 0 Å². The Bertz CT molecular complexity index is 1620. The van der Waals surface area contributed by atoms with E-state index in [1.165, 1.54) is 116 Å². The molecule has 17 nitrogen and oxygen atoms in total. The van der Waals surface area contributed by atoms with E-state index in [9.17, 15) is 43.2 Å². The number of hydrogen-bond donors (Lipinski definition) is 3. The maximum absolute atomic E-state index is 13.0. The van der Waals surface area contributed by atoms with Crippen molar-refractivity contribution in [3.8, 4) is 0 Å². The van der Waals surface area contributed by atoms with E-state index in [2.05, 4.69) is 41.5 Å². The molecule has 0 saturated heterocycles. The molecular weight excluding hydrogens is 1090 g/mol. The molecule has 3 unspecified atom stereocenters. The summed E-state index contributed by atoms with van der Waals surface area (Å²) >= 11 is 0. The molecule has 0 aromatic heterocycles. The maximum Gasteiger partial charge on any atom is 0.472 e. The van der Waals surface area contributed by atoms with Gasteiger partial charge in [-0.05, 0) is 37.5 Å². The van der Waals surface area contributed by atoms with E-state index in [-0.39, 0.29) is 25.7 Å². The highest BCUT2D eigenvalue weighted by Crippen LogP contribution is 2.45. The van der Waals surface area contributed by atoms with E-state index >= 15 is 0 Å². The first-order chi connectivity index (χ1) is 39.4. The van der Waals surface area contributed by atoms with Gasteiger partial charge < -0.3 is 33.8 Å². The van der Waals surface area contributed by atoms with Crippen molar-refractivity contribution in [2.75, 3.05) is 39.6 Å². The van der Waals surface area contributed by atoms with Crippen LogP contribution in [-0.2, 0) is 65.4 Å². The molecule has 0 aliphatic carbocycles. The molecule has 0 aromatic carbocycles. The van der Waals surface area contributed by atoms with Crippen LogP contribution in [0.15, 0.2) is 0 Å². The summed E-state index contributed by atoms with van der Waals surface area (Å²) in [5.41, 5.74) is 0. The minimum Gasteiger partial charge on any atom is -0.462 e. The van der Waals surface area contributed by atoms with Crippen LogP contribution in [0.2, 0.25) is 0 Å². The van der Waals surface area contributed by atoms with Crippen molar-refractivity contribution < 1.29 is 80.2 Å². The van der Waals surface area contributed by atoms with E-state index in [4.69, 9.17) is 37.0 Å². The molecule has 0 aliphatic heterocycles. The molecular formula is C63H122O17P2. The Morgan fingerprint density at radius 2 is 0.622 bits per heavy atom. The zero-order valence-electron chi connectivity index (χ0n) is 52.8. The van der Waals surface area contributed by atoms with Crippen molar-refractivity contribution >= 4 is 39.5 Å². The zero-order chi connectivity index (χ0) is 60.8. The van der Waals surface area contributed by atoms with Crippen molar-refractivity contribution in [3.05, 3.63) is 0 Å². The maximum atomic E-state index is 13.0. The highest BCUT2D eigenvalue weighted by atomic mass is 31.2. The lowest BCUT2D eigenvalue weighted by atomic mass is 10.00. The number of phosphoric ester groups is 2. The predicted octanol–water partition coefficient (Wildman–Crippen LogP) is 17.3. The molecule has 0 aliphatic rings. The first kappa shape index (κ1) is 80.1. The quantitative estimate of drug-likeness (QED) is 0.0222. The summed E-state index contributed by atoms with van der Waals surface area (Å²) in [4.78, 5) is 71.9. The Morgan fingerprint density at radius 3 is 0.927 bits per heavy atom. The highest BCUT2D eigenvalue weighted by Gasteiger charge is 2.30. The Kier molecular flexibility index (Phi) is 54.3. The fraction of sp³-hybridized carbons (Fsp3) is 0.937. The molecule has 0 saturated carbocycles. The van der Waals surface area contributed by atoms with Gasteiger partial charge in [-0.3, -0.25) is 37.3 Å². The third-order valence-corrected chi connectivity index (χ3v) is 16.7. The van der Waals surface area contributed by atoms with Crippen LogP contribution >= 0.6 is 15.6 Å². The number of unbranched alkanes of at least 4 members (excludes halogenated alkanes) is 31. The topological polar surface area (TPSA) is 237 Å². The zero-order valence-corrected chi connectivity index (χ0v) is 54.6. The smallest absolute Gasteiger partial charge is 0.462 e. The molecule has 6 atom stereocenters. The second-order valence-corrected chi connectivity index (χ2v) is 26.4. The van der Waals surface area contributed by atoms with E-state index in [0.717, 1.165) is 109 Å². The van der Waals surface area contributed by atoms with Crippen molar-refractivity contribution in [2.45, 2.75) is 330 Å². The summed E-state index contributed by atoms with van der Waals surface area (Å²) in [5.74, 6) is -0.723. The molecule has 0 bridgehead atoms. The third kappa shape index (κ3) is 55.9. The fourth-order valence-electron chi connectivity index (χ4n) is 9.32. The van der Waals surface area contributed by atoms with Gasteiger partial charge in [-0.1, -0.05) is 260 Å². The lowest BCUT2D eigenvalue weighted by Crippen LogP contribution is -2.30. The van der Waals surface area contributed by atoms with Crippen LogP contribution in [0.25, 0.3) is 0 Å². The molecule has 0 aromatic rings. The van der Waals surface area contributed by atoms with Gasteiger partial charge in [0.05, 0.1) is 26.4 Å². The minimum absolute atomic E-state index is 0.102. The first-order valence-corrected chi connectivity index (χ1v) is 36.0. The number of esters is 4. The summed E-state index contributed by atoms with van der Waals surface area (Å²) in [6, 6.07) is 0. The molecule has 0 fully saturated rings. The molecule has 0 rings (SSSR count). The van der Waals surface area contributed by atoms with Gasteiger partial charge in [0.25, 0.3) is 0 Å². The highest BCUT2D eigenvalue weighted by molar-refractivity contribution is 7.47. The summed E-state index contributed by atoms with van der Waals surface area (Å²) in [7, 11) is -9.88. The van der Waals surface area contributed by atoms with E-state index in [1.807, 2.05) is 0 Å². The molecule has 82 heavy (non-hydrogen) atoms. The molecule has 0 heterocycles. The average molecular weight is 1210 g/mol. The second-order valence-electron chi connectivity index (χ2n) is 23.5. The fourth-order valence-corrected chi connectivity index (χ4v) is 10.9. The van der Waals surface area contributed by atoms with Crippen LogP contribution < -0.4 is 0 Å². The number of aliphatic hydroxyl groups excluding tert-OH is 1. The van der Waals surface area contributed by atoms with Gasteiger partial charge in [-0.2, -0.15) is 0 Å². The lowest BCUT2D eigenvalue weighted by molar-refractivity contribution is -0.161. The van der Waals surface area contributed by atoms with Crippen molar-refractivity contribution in [3.63, 3.8) is 0 Å². The molecule has 0 radical (unpaired) electrons. The molecule has 3 N–H and O–H groups in total.